The first-order valence-corrected chi connectivity index (χ1v) is 13.0. The minimum Gasteiger partial charge on any atom is -0.340 e. The van der Waals surface area contributed by atoms with Gasteiger partial charge in [0.2, 0.25) is 16.0 Å². The lowest BCUT2D eigenvalue weighted by Gasteiger charge is -2.33. The Kier molecular flexibility index (Phi) is 9.97. The maximum Gasteiger partial charge on any atom is 0.243 e. The number of aromatic nitrogens is 2. The molecule has 0 radical (unpaired) electrons. The second kappa shape index (κ2) is 12.9. The maximum atomic E-state index is 13.4. The molecule has 1 fully saturated rings. The van der Waals surface area contributed by atoms with Gasteiger partial charge in [-0.05, 0) is 93.5 Å². The van der Waals surface area contributed by atoms with Crippen molar-refractivity contribution in [3.8, 4) is 0 Å². The lowest BCUT2D eigenvalue weighted by Crippen LogP contribution is -2.46. The number of nitrogens with one attached hydrogen (secondary N) is 3. The zero-order valence-electron chi connectivity index (χ0n) is 19.7. The summed E-state index contributed by atoms with van der Waals surface area (Å²) >= 11 is 0. The first-order valence-electron chi connectivity index (χ1n) is 11.6. The Morgan fingerprint density at radius 2 is 1.64 bits per heavy atom. The first kappa shape index (κ1) is 27.8. The van der Waals surface area contributed by atoms with Crippen LogP contribution in [0.15, 0.2) is 65.7 Å². The molecule has 4 rings (SSSR count). The molecule has 3 aromatic rings. The summed E-state index contributed by atoms with van der Waals surface area (Å²) in [6.45, 7) is 2.45. The molecule has 9 nitrogen and oxygen atoms in total. The number of anilines is 4. The minimum absolute atomic E-state index is 0. The molecule has 2 heterocycles. The molecule has 1 aliphatic rings. The van der Waals surface area contributed by atoms with Crippen LogP contribution in [0.25, 0.3) is 0 Å². The highest BCUT2D eigenvalue weighted by Gasteiger charge is 2.31. The van der Waals surface area contributed by atoms with Gasteiger partial charge in [0.05, 0.1) is 4.90 Å². The van der Waals surface area contributed by atoms with Crippen molar-refractivity contribution in [2.45, 2.75) is 30.2 Å². The third-order valence-corrected chi connectivity index (χ3v) is 7.75. The van der Waals surface area contributed by atoms with E-state index in [1.54, 1.807) is 53.0 Å². The molecule has 0 spiro atoms. The number of hydrogen-bond donors (Lipinski definition) is 4. The molecule has 5 N–H and O–H groups in total. The van der Waals surface area contributed by atoms with Crippen LogP contribution in [0, 0.1) is 5.82 Å². The monoisotopic (exact) mass is 535 g/mol. The van der Waals surface area contributed by atoms with Gasteiger partial charge in [-0.2, -0.15) is 9.29 Å². The van der Waals surface area contributed by atoms with Crippen molar-refractivity contribution in [2.75, 3.05) is 36.8 Å². The van der Waals surface area contributed by atoms with Crippen molar-refractivity contribution < 1.29 is 12.8 Å². The van der Waals surface area contributed by atoms with Crippen molar-refractivity contribution in [3.05, 3.63) is 66.6 Å². The predicted molar refractivity (Wildman–Crippen MR) is 142 cm³/mol. The highest BCUT2D eigenvalue weighted by Crippen LogP contribution is 2.25. The summed E-state index contributed by atoms with van der Waals surface area (Å²) in [5.41, 5.74) is 7.01. The Morgan fingerprint density at radius 3 is 2.31 bits per heavy atom. The first-order chi connectivity index (χ1) is 17.0. The molecule has 0 saturated carbocycles. The number of benzene rings is 2. The molecule has 12 heteroatoms. The number of rotatable bonds is 10. The van der Waals surface area contributed by atoms with Crippen molar-refractivity contribution in [1.82, 2.24) is 19.6 Å². The normalized spacial score (nSPS) is 14.3. The van der Waals surface area contributed by atoms with Gasteiger partial charge in [-0.25, -0.2) is 17.8 Å². The third kappa shape index (κ3) is 7.11. The molecule has 0 bridgehead atoms. The highest BCUT2D eigenvalue weighted by molar-refractivity contribution is 7.89. The summed E-state index contributed by atoms with van der Waals surface area (Å²) in [7, 11) is -3.65. The van der Waals surface area contributed by atoms with Gasteiger partial charge in [-0.3, -0.25) is 0 Å². The number of sulfonamides is 1. The second-order valence-electron chi connectivity index (χ2n) is 8.29. The molecule has 1 saturated heterocycles. The van der Waals surface area contributed by atoms with Crippen molar-refractivity contribution >= 4 is 45.6 Å². The number of nitrogens with zero attached hydrogens (tertiary/aromatic N) is 3. The molecule has 1 aromatic heterocycles. The largest absolute Gasteiger partial charge is 0.340 e. The van der Waals surface area contributed by atoms with E-state index in [9.17, 15) is 12.8 Å². The van der Waals surface area contributed by atoms with E-state index in [-0.39, 0.29) is 29.2 Å². The fourth-order valence-electron chi connectivity index (χ4n) is 3.99. The van der Waals surface area contributed by atoms with Crippen LogP contribution in [0.4, 0.5) is 27.5 Å². The molecule has 0 unspecified atom stereocenters. The Morgan fingerprint density at radius 1 is 1.00 bits per heavy atom. The fourth-order valence-corrected chi connectivity index (χ4v) is 5.71. The zero-order valence-corrected chi connectivity index (χ0v) is 21.4. The van der Waals surface area contributed by atoms with Crippen LogP contribution in [-0.2, 0) is 10.0 Å². The van der Waals surface area contributed by atoms with E-state index in [4.69, 9.17) is 5.73 Å². The standard InChI is InChI=1S/C24H30FN7O2S.ClH/c25-18-2-4-19(5-3-18)29-23-12-16-28-24(31-23)30-20-6-8-22(9-7-20)35(33,34)32(17-1-13-26)21-10-14-27-15-11-21;/h2-9,12,16,21,27H,1,10-11,13-15,17,26H2,(H2,28,29,30,31);1H. The van der Waals surface area contributed by atoms with Crippen LogP contribution in [-0.4, -0.2) is 54.9 Å². The molecule has 0 atom stereocenters. The zero-order chi connectivity index (χ0) is 24.7. The fraction of sp³-hybridized carbons (Fsp3) is 0.333. The van der Waals surface area contributed by atoms with E-state index in [2.05, 4.69) is 25.9 Å². The van der Waals surface area contributed by atoms with Crippen molar-refractivity contribution in [2.24, 2.45) is 5.73 Å². The van der Waals surface area contributed by atoms with Crippen molar-refractivity contribution in [1.29, 1.82) is 0 Å². The van der Waals surface area contributed by atoms with Crippen LogP contribution in [0.2, 0.25) is 0 Å². The molecule has 36 heavy (non-hydrogen) atoms. The number of halogens is 2. The lowest BCUT2D eigenvalue weighted by molar-refractivity contribution is 0.261. The average molecular weight is 536 g/mol. The van der Waals surface area contributed by atoms with Crippen LogP contribution < -0.4 is 21.7 Å². The summed E-state index contributed by atoms with van der Waals surface area (Å²) in [5.74, 6) is 0.558. The van der Waals surface area contributed by atoms with E-state index in [0.29, 0.717) is 42.7 Å². The Hall–Kier alpha value is -2.83. The molecular weight excluding hydrogens is 505 g/mol. The smallest absolute Gasteiger partial charge is 0.243 e. The molecular formula is C24H31ClFN7O2S. The van der Waals surface area contributed by atoms with Gasteiger partial charge in [-0.15, -0.1) is 12.4 Å². The molecule has 0 aliphatic carbocycles. The quantitative estimate of drug-likeness (QED) is 0.310. The van der Waals surface area contributed by atoms with Crippen LogP contribution in [0.1, 0.15) is 19.3 Å². The van der Waals surface area contributed by atoms with Crippen LogP contribution in [0.5, 0.6) is 0 Å². The molecule has 0 amide bonds. The summed E-state index contributed by atoms with van der Waals surface area (Å²) in [4.78, 5) is 8.87. The van der Waals surface area contributed by atoms with Gasteiger partial charge in [0, 0.05) is 30.2 Å². The highest BCUT2D eigenvalue weighted by atomic mass is 35.5. The SMILES string of the molecule is Cl.NCCCN(C1CCNCC1)S(=O)(=O)c1ccc(Nc2nccc(Nc3ccc(F)cc3)n2)cc1. The third-order valence-electron chi connectivity index (χ3n) is 5.79. The number of hydrogen-bond acceptors (Lipinski definition) is 8. The van der Waals surface area contributed by atoms with Gasteiger partial charge in [0.15, 0.2) is 0 Å². The Balaban J connectivity index is 0.00000361. The minimum atomic E-state index is -3.65. The van der Waals surface area contributed by atoms with Gasteiger partial charge < -0.3 is 21.7 Å². The summed E-state index contributed by atoms with van der Waals surface area (Å²) < 4.78 is 41.6. The van der Waals surface area contributed by atoms with Crippen LogP contribution >= 0.6 is 12.4 Å². The van der Waals surface area contributed by atoms with Gasteiger partial charge in [0.1, 0.15) is 11.6 Å². The maximum absolute atomic E-state index is 13.4. The number of nitrogens with two attached hydrogens (primary N) is 1. The lowest BCUT2D eigenvalue weighted by atomic mass is 10.1. The van der Waals surface area contributed by atoms with Gasteiger partial charge in [0.25, 0.3) is 0 Å². The molecule has 194 valence electrons. The Bertz CT molecular complexity index is 1210. The number of piperidine rings is 1. The second-order valence-corrected chi connectivity index (χ2v) is 10.2. The van der Waals surface area contributed by atoms with Crippen molar-refractivity contribution in [3.63, 3.8) is 0 Å². The Labute approximate surface area is 217 Å². The topological polar surface area (TPSA) is 125 Å². The summed E-state index contributed by atoms with van der Waals surface area (Å²) in [5, 5.41) is 9.46. The summed E-state index contributed by atoms with van der Waals surface area (Å²) in [6.07, 6.45) is 3.77. The van der Waals surface area contributed by atoms with E-state index in [1.165, 1.54) is 12.1 Å². The van der Waals surface area contributed by atoms with Gasteiger partial charge >= 0.3 is 0 Å². The van der Waals surface area contributed by atoms with Gasteiger partial charge in [-0.1, -0.05) is 0 Å². The molecule has 1 aliphatic heterocycles. The predicted octanol–water partition coefficient (Wildman–Crippen LogP) is 3.62. The van der Waals surface area contributed by atoms with E-state index in [1.807, 2.05) is 0 Å². The molecule has 2 aromatic carbocycles. The van der Waals surface area contributed by atoms with E-state index >= 15 is 0 Å². The summed E-state index contributed by atoms with van der Waals surface area (Å²) in [6, 6.07) is 14.2. The van der Waals surface area contributed by atoms with E-state index < -0.39 is 10.0 Å². The van der Waals surface area contributed by atoms with Crippen LogP contribution in [0.3, 0.4) is 0 Å². The average Bonchev–Trinajstić information content (AvgIpc) is 2.87. The van der Waals surface area contributed by atoms with E-state index in [0.717, 1.165) is 25.9 Å².